The van der Waals surface area contributed by atoms with Crippen LogP contribution in [0.3, 0.4) is 0 Å². The van der Waals surface area contributed by atoms with Crippen molar-refractivity contribution in [3.63, 3.8) is 0 Å². The maximum Gasteiger partial charge on any atom is 0.326 e. The highest BCUT2D eigenvalue weighted by Gasteiger charge is 2.24. The second-order valence-electron chi connectivity index (χ2n) is 7.83. The van der Waals surface area contributed by atoms with E-state index in [1.165, 1.54) is 5.56 Å². The third-order valence-electron chi connectivity index (χ3n) is 5.51. The molecule has 4 aromatic rings. The average Bonchev–Trinajstić information content (AvgIpc) is 3.48. The Labute approximate surface area is 190 Å². The lowest BCUT2D eigenvalue weighted by molar-refractivity contribution is 0.102. The number of nitrogens with zero attached hydrogens (tertiary/aromatic N) is 4. The number of rotatable bonds is 4. The van der Waals surface area contributed by atoms with E-state index in [9.17, 15) is 9.59 Å². The summed E-state index contributed by atoms with van der Waals surface area (Å²) < 4.78 is 1.62. The summed E-state index contributed by atoms with van der Waals surface area (Å²) in [7, 11) is 0. The van der Waals surface area contributed by atoms with Crippen LogP contribution in [0.5, 0.6) is 0 Å². The Hall–Kier alpha value is -4.46. The molecule has 5 rings (SSSR count). The fourth-order valence-corrected chi connectivity index (χ4v) is 3.80. The van der Waals surface area contributed by atoms with E-state index in [1.54, 1.807) is 46.4 Å². The number of nitrogens with one attached hydrogen (secondary N) is 2. The van der Waals surface area contributed by atoms with Crippen LogP contribution in [0.25, 0.3) is 5.69 Å². The molecule has 1 aliphatic rings. The van der Waals surface area contributed by atoms with E-state index in [-0.39, 0.29) is 11.9 Å². The van der Waals surface area contributed by atoms with Gasteiger partial charge in [0.25, 0.3) is 5.91 Å². The van der Waals surface area contributed by atoms with Gasteiger partial charge in [0.15, 0.2) is 0 Å². The summed E-state index contributed by atoms with van der Waals surface area (Å²) in [6.45, 7) is 2.53. The van der Waals surface area contributed by atoms with Gasteiger partial charge in [-0.25, -0.2) is 9.48 Å². The first-order chi connectivity index (χ1) is 16.1. The second kappa shape index (κ2) is 8.58. The molecule has 0 atom stereocenters. The SMILES string of the molecule is Cc1ccc(NC(=O)c2cccc(-n3cc(NC(=O)N4CCc5ccccc54)cn3)c2)cn1. The summed E-state index contributed by atoms with van der Waals surface area (Å²) in [6.07, 6.45) is 5.78. The van der Waals surface area contributed by atoms with Crippen LogP contribution in [0.2, 0.25) is 0 Å². The Bertz CT molecular complexity index is 1330. The highest BCUT2D eigenvalue weighted by molar-refractivity contribution is 6.04. The first-order valence-electron chi connectivity index (χ1n) is 10.6. The molecule has 0 saturated carbocycles. The van der Waals surface area contributed by atoms with Gasteiger partial charge in [0, 0.05) is 23.5 Å². The molecule has 3 heterocycles. The van der Waals surface area contributed by atoms with Crippen LogP contribution in [0.15, 0.2) is 79.3 Å². The highest BCUT2D eigenvalue weighted by atomic mass is 16.2. The molecule has 0 saturated heterocycles. The molecule has 0 spiro atoms. The summed E-state index contributed by atoms with van der Waals surface area (Å²) in [5.74, 6) is -0.240. The fraction of sp³-hybridized carbons (Fsp3) is 0.120. The van der Waals surface area contributed by atoms with E-state index in [4.69, 9.17) is 0 Å². The summed E-state index contributed by atoms with van der Waals surface area (Å²) in [5, 5.41) is 10.1. The zero-order valence-corrected chi connectivity index (χ0v) is 18.0. The lowest BCUT2D eigenvalue weighted by Crippen LogP contribution is -2.33. The van der Waals surface area contributed by atoms with Crippen molar-refractivity contribution in [2.24, 2.45) is 0 Å². The smallest absolute Gasteiger partial charge is 0.321 e. The number of hydrogen-bond donors (Lipinski definition) is 2. The topological polar surface area (TPSA) is 92.2 Å². The number of urea groups is 1. The van der Waals surface area contributed by atoms with Crippen molar-refractivity contribution in [3.8, 4) is 5.69 Å². The largest absolute Gasteiger partial charge is 0.326 e. The van der Waals surface area contributed by atoms with Crippen molar-refractivity contribution >= 4 is 29.0 Å². The van der Waals surface area contributed by atoms with Crippen LogP contribution < -0.4 is 15.5 Å². The molecule has 3 amide bonds. The van der Waals surface area contributed by atoms with Crippen LogP contribution in [-0.2, 0) is 6.42 Å². The normalized spacial score (nSPS) is 12.3. The molecule has 0 aliphatic carbocycles. The van der Waals surface area contributed by atoms with Crippen LogP contribution >= 0.6 is 0 Å². The van der Waals surface area contributed by atoms with Gasteiger partial charge in [-0.15, -0.1) is 0 Å². The number of benzene rings is 2. The van der Waals surface area contributed by atoms with Gasteiger partial charge in [-0.2, -0.15) is 5.10 Å². The van der Waals surface area contributed by atoms with Gasteiger partial charge in [0.2, 0.25) is 0 Å². The van der Waals surface area contributed by atoms with Crippen molar-refractivity contribution in [2.45, 2.75) is 13.3 Å². The van der Waals surface area contributed by atoms with Crippen LogP contribution in [0, 0.1) is 6.92 Å². The standard InChI is InChI=1S/C25H22N6O2/c1-17-9-10-20(14-26-17)28-24(32)19-6-4-7-22(13-19)31-16-21(15-27-31)29-25(33)30-12-11-18-5-2-3-8-23(18)30/h2-10,13-16H,11-12H2,1H3,(H,28,32)(H,29,33). The molecular weight excluding hydrogens is 416 g/mol. The van der Waals surface area contributed by atoms with E-state index in [0.717, 1.165) is 17.8 Å². The molecule has 2 N–H and O–H groups in total. The van der Waals surface area contributed by atoms with Crippen molar-refractivity contribution in [1.82, 2.24) is 14.8 Å². The minimum absolute atomic E-state index is 0.195. The van der Waals surface area contributed by atoms with Gasteiger partial charge in [-0.05, 0) is 55.3 Å². The molecule has 8 heteroatoms. The lowest BCUT2D eigenvalue weighted by Gasteiger charge is -2.17. The minimum atomic E-state index is -0.240. The number of anilines is 3. The number of para-hydroxylation sites is 1. The Kier molecular flexibility index (Phi) is 5.32. The van der Waals surface area contributed by atoms with Crippen molar-refractivity contribution < 1.29 is 9.59 Å². The van der Waals surface area contributed by atoms with Crippen LogP contribution in [-0.4, -0.2) is 33.2 Å². The fourth-order valence-electron chi connectivity index (χ4n) is 3.80. The van der Waals surface area contributed by atoms with Gasteiger partial charge in [-0.3, -0.25) is 14.7 Å². The number of fused-ring (bicyclic) bond motifs is 1. The van der Waals surface area contributed by atoms with E-state index in [2.05, 4.69) is 20.7 Å². The monoisotopic (exact) mass is 438 g/mol. The first-order valence-corrected chi connectivity index (χ1v) is 10.6. The van der Waals surface area contributed by atoms with E-state index < -0.39 is 0 Å². The molecule has 0 bridgehead atoms. The van der Waals surface area contributed by atoms with Gasteiger partial charge in [-0.1, -0.05) is 24.3 Å². The summed E-state index contributed by atoms with van der Waals surface area (Å²) in [5.41, 5.74) is 5.38. The number of amides is 3. The Morgan fingerprint density at radius 3 is 2.67 bits per heavy atom. The molecule has 2 aromatic carbocycles. The summed E-state index contributed by atoms with van der Waals surface area (Å²) >= 11 is 0. The lowest BCUT2D eigenvalue weighted by atomic mass is 10.2. The Balaban J connectivity index is 1.28. The number of aryl methyl sites for hydroxylation is 1. The van der Waals surface area contributed by atoms with E-state index in [0.29, 0.717) is 29.2 Å². The minimum Gasteiger partial charge on any atom is -0.321 e. The first kappa shape index (κ1) is 20.4. The summed E-state index contributed by atoms with van der Waals surface area (Å²) in [6, 6.07) is 18.5. The van der Waals surface area contributed by atoms with E-state index in [1.807, 2.05) is 49.4 Å². The highest BCUT2D eigenvalue weighted by Crippen LogP contribution is 2.28. The number of aromatic nitrogens is 3. The quantitative estimate of drug-likeness (QED) is 0.493. The van der Waals surface area contributed by atoms with E-state index >= 15 is 0 Å². The molecule has 2 aromatic heterocycles. The molecular formula is C25H22N6O2. The van der Waals surface area contributed by atoms with Gasteiger partial charge in [0.05, 0.1) is 35.7 Å². The number of carbonyl (C=O) groups excluding carboxylic acids is 2. The number of carbonyl (C=O) groups is 2. The predicted molar refractivity (Wildman–Crippen MR) is 127 cm³/mol. The zero-order valence-electron chi connectivity index (χ0n) is 18.0. The van der Waals surface area contributed by atoms with Crippen molar-refractivity contribution in [2.75, 3.05) is 22.1 Å². The Morgan fingerprint density at radius 1 is 0.939 bits per heavy atom. The van der Waals surface area contributed by atoms with Gasteiger partial charge < -0.3 is 10.6 Å². The number of pyridine rings is 1. The molecule has 33 heavy (non-hydrogen) atoms. The predicted octanol–water partition coefficient (Wildman–Crippen LogP) is 4.42. The molecule has 0 unspecified atom stereocenters. The third kappa shape index (κ3) is 4.31. The van der Waals surface area contributed by atoms with Gasteiger partial charge in [0.1, 0.15) is 0 Å². The number of hydrogen-bond acceptors (Lipinski definition) is 4. The van der Waals surface area contributed by atoms with Gasteiger partial charge >= 0.3 is 6.03 Å². The average molecular weight is 438 g/mol. The maximum absolute atomic E-state index is 12.8. The van der Waals surface area contributed by atoms with Crippen LogP contribution in [0.1, 0.15) is 21.6 Å². The third-order valence-corrected chi connectivity index (χ3v) is 5.51. The molecule has 1 aliphatic heterocycles. The molecule has 164 valence electrons. The summed E-state index contributed by atoms with van der Waals surface area (Å²) in [4.78, 5) is 31.4. The maximum atomic E-state index is 12.8. The second-order valence-corrected chi connectivity index (χ2v) is 7.83. The van der Waals surface area contributed by atoms with Crippen LogP contribution in [0.4, 0.5) is 21.9 Å². The molecule has 0 radical (unpaired) electrons. The molecule has 0 fully saturated rings. The molecule has 8 nitrogen and oxygen atoms in total. The van der Waals surface area contributed by atoms with Crippen molar-refractivity contribution in [3.05, 3.63) is 96.1 Å². The zero-order chi connectivity index (χ0) is 22.8. The Morgan fingerprint density at radius 2 is 1.82 bits per heavy atom. The van der Waals surface area contributed by atoms with Crippen molar-refractivity contribution in [1.29, 1.82) is 0 Å².